The normalized spacial score (nSPS) is 35.7. The third kappa shape index (κ3) is 3.46. The molecule has 0 aromatic heterocycles. The Hall–Kier alpha value is -0.120. The SMILES string of the molecule is CNC(C)C1CCCCN1C1CCOC2(CCCCC2)C1. The molecule has 2 heterocycles. The van der Waals surface area contributed by atoms with Gasteiger partial charge in [-0.3, -0.25) is 4.90 Å². The molecule has 0 amide bonds. The van der Waals surface area contributed by atoms with E-state index in [4.69, 9.17) is 4.74 Å². The predicted molar refractivity (Wildman–Crippen MR) is 87.7 cm³/mol. The molecule has 3 aliphatic rings. The molecule has 3 heteroatoms. The minimum atomic E-state index is 0.242. The van der Waals surface area contributed by atoms with E-state index in [0.29, 0.717) is 6.04 Å². The van der Waals surface area contributed by atoms with Crippen molar-refractivity contribution in [3.63, 3.8) is 0 Å². The number of piperidine rings is 1. The molecule has 21 heavy (non-hydrogen) atoms. The topological polar surface area (TPSA) is 24.5 Å². The highest BCUT2D eigenvalue weighted by molar-refractivity contribution is 4.96. The Bertz CT molecular complexity index is 322. The fourth-order valence-corrected chi connectivity index (χ4v) is 4.99. The van der Waals surface area contributed by atoms with Crippen molar-refractivity contribution in [1.29, 1.82) is 0 Å². The highest BCUT2D eigenvalue weighted by atomic mass is 16.5. The molecule has 1 N–H and O–H groups in total. The van der Waals surface area contributed by atoms with E-state index >= 15 is 0 Å². The lowest BCUT2D eigenvalue weighted by atomic mass is 9.77. The van der Waals surface area contributed by atoms with Crippen molar-refractivity contribution in [2.75, 3.05) is 20.2 Å². The van der Waals surface area contributed by atoms with E-state index in [9.17, 15) is 0 Å². The van der Waals surface area contributed by atoms with E-state index in [2.05, 4.69) is 24.2 Å². The molecule has 122 valence electrons. The van der Waals surface area contributed by atoms with E-state index in [1.54, 1.807) is 0 Å². The molecule has 0 aromatic rings. The Morgan fingerprint density at radius 1 is 1.10 bits per heavy atom. The average molecular weight is 294 g/mol. The lowest BCUT2D eigenvalue weighted by Crippen LogP contribution is -2.58. The van der Waals surface area contributed by atoms with Crippen molar-refractivity contribution < 1.29 is 4.74 Å². The zero-order valence-corrected chi connectivity index (χ0v) is 14.1. The predicted octanol–water partition coefficient (Wildman–Crippen LogP) is 3.33. The molecule has 2 saturated heterocycles. The maximum absolute atomic E-state index is 6.31. The number of likely N-dealkylation sites (tertiary alicyclic amines) is 1. The fourth-order valence-electron chi connectivity index (χ4n) is 4.99. The van der Waals surface area contributed by atoms with Gasteiger partial charge in [-0.1, -0.05) is 25.7 Å². The number of nitrogens with one attached hydrogen (secondary N) is 1. The summed E-state index contributed by atoms with van der Waals surface area (Å²) in [6.45, 7) is 4.65. The number of hydrogen-bond acceptors (Lipinski definition) is 3. The van der Waals surface area contributed by atoms with Crippen LogP contribution in [0.5, 0.6) is 0 Å². The average Bonchev–Trinajstić information content (AvgIpc) is 2.55. The molecule has 3 atom stereocenters. The number of rotatable bonds is 3. The molecule has 3 nitrogen and oxygen atoms in total. The van der Waals surface area contributed by atoms with Crippen LogP contribution in [0.1, 0.15) is 71.1 Å². The number of nitrogens with zero attached hydrogens (tertiary/aromatic N) is 1. The van der Waals surface area contributed by atoms with E-state index in [-0.39, 0.29) is 5.60 Å². The molecule has 3 unspecified atom stereocenters. The van der Waals surface area contributed by atoms with Gasteiger partial charge in [-0.15, -0.1) is 0 Å². The van der Waals surface area contributed by atoms with Crippen LogP contribution >= 0.6 is 0 Å². The van der Waals surface area contributed by atoms with Crippen molar-refractivity contribution in [3.05, 3.63) is 0 Å². The molecule has 0 radical (unpaired) electrons. The quantitative estimate of drug-likeness (QED) is 0.864. The molecule has 1 aliphatic carbocycles. The maximum atomic E-state index is 6.31. The Morgan fingerprint density at radius 3 is 2.67 bits per heavy atom. The summed E-state index contributed by atoms with van der Waals surface area (Å²) in [6.07, 6.45) is 13.5. The molecule has 0 aromatic carbocycles. The molecule has 3 rings (SSSR count). The fraction of sp³-hybridized carbons (Fsp3) is 1.00. The molecule has 1 saturated carbocycles. The number of hydrogen-bond donors (Lipinski definition) is 1. The molecule has 3 fully saturated rings. The molecular weight excluding hydrogens is 260 g/mol. The highest BCUT2D eigenvalue weighted by Gasteiger charge is 2.42. The van der Waals surface area contributed by atoms with Crippen molar-refractivity contribution in [2.24, 2.45) is 0 Å². The van der Waals surface area contributed by atoms with Gasteiger partial charge in [-0.2, -0.15) is 0 Å². The van der Waals surface area contributed by atoms with Gasteiger partial charge in [-0.05, 0) is 59.0 Å². The van der Waals surface area contributed by atoms with Crippen LogP contribution in [-0.4, -0.2) is 48.8 Å². The summed E-state index contributed by atoms with van der Waals surface area (Å²) >= 11 is 0. The standard InChI is InChI=1S/C18H34N2O/c1-15(19-2)17-8-4-7-12-20(17)16-9-13-21-18(14-16)10-5-3-6-11-18/h15-17,19H,3-14H2,1-2H3. The maximum Gasteiger partial charge on any atom is 0.0697 e. The second-order valence-electron chi connectivity index (χ2n) is 7.62. The van der Waals surface area contributed by atoms with Gasteiger partial charge in [0.2, 0.25) is 0 Å². The van der Waals surface area contributed by atoms with E-state index in [0.717, 1.165) is 18.7 Å². The van der Waals surface area contributed by atoms with Crippen LogP contribution in [-0.2, 0) is 4.74 Å². The van der Waals surface area contributed by atoms with Crippen molar-refractivity contribution in [2.45, 2.75) is 94.9 Å². The summed E-state index contributed by atoms with van der Waals surface area (Å²) in [5.74, 6) is 0. The van der Waals surface area contributed by atoms with Crippen LogP contribution in [0.3, 0.4) is 0 Å². The van der Waals surface area contributed by atoms with Gasteiger partial charge in [0.15, 0.2) is 0 Å². The largest absolute Gasteiger partial charge is 0.375 e. The molecule has 2 aliphatic heterocycles. The monoisotopic (exact) mass is 294 g/mol. The summed E-state index contributed by atoms with van der Waals surface area (Å²) in [5.41, 5.74) is 0.242. The third-order valence-corrected chi connectivity index (χ3v) is 6.33. The van der Waals surface area contributed by atoms with Gasteiger partial charge in [-0.25, -0.2) is 0 Å². The van der Waals surface area contributed by atoms with Gasteiger partial charge in [0.05, 0.1) is 5.60 Å². The molecule has 1 spiro atoms. The van der Waals surface area contributed by atoms with Gasteiger partial charge >= 0.3 is 0 Å². The third-order valence-electron chi connectivity index (χ3n) is 6.33. The first kappa shape index (κ1) is 15.8. The zero-order chi connectivity index (χ0) is 14.7. The first-order valence-electron chi connectivity index (χ1n) is 9.31. The van der Waals surface area contributed by atoms with Gasteiger partial charge in [0, 0.05) is 24.7 Å². The Labute approximate surface area is 130 Å². The van der Waals surface area contributed by atoms with Crippen molar-refractivity contribution in [3.8, 4) is 0 Å². The van der Waals surface area contributed by atoms with Crippen LogP contribution < -0.4 is 5.32 Å². The highest BCUT2D eigenvalue weighted by Crippen LogP contribution is 2.41. The van der Waals surface area contributed by atoms with Gasteiger partial charge < -0.3 is 10.1 Å². The Balaban J connectivity index is 1.68. The van der Waals surface area contributed by atoms with Crippen molar-refractivity contribution in [1.82, 2.24) is 10.2 Å². The number of ether oxygens (including phenoxy) is 1. The second-order valence-corrected chi connectivity index (χ2v) is 7.62. The van der Waals surface area contributed by atoms with Crippen LogP contribution in [0.25, 0.3) is 0 Å². The van der Waals surface area contributed by atoms with Gasteiger partial charge in [0.25, 0.3) is 0 Å². The van der Waals surface area contributed by atoms with Crippen molar-refractivity contribution >= 4 is 0 Å². The minimum absolute atomic E-state index is 0.242. The van der Waals surface area contributed by atoms with E-state index in [1.807, 2.05) is 0 Å². The number of likely N-dealkylation sites (N-methyl/N-ethyl adjacent to an activating group) is 1. The Kier molecular flexibility index (Phi) is 5.23. The van der Waals surface area contributed by atoms with Crippen LogP contribution in [0.2, 0.25) is 0 Å². The smallest absolute Gasteiger partial charge is 0.0697 e. The summed E-state index contributed by atoms with van der Waals surface area (Å²) in [7, 11) is 2.12. The minimum Gasteiger partial charge on any atom is -0.375 e. The first-order chi connectivity index (χ1) is 10.2. The van der Waals surface area contributed by atoms with Crippen LogP contribution in [0, 0.1) is 0 Å². The summed E-state index contributed by atoms with van der Waals surface area (Å²) in [5, 5.41) is 3.50. The summed E-state index contributed by atoms with van der Waals surface area (Å²) < 4.78 is 6.31. The van der Waals surface area contributed by atoms with Gasteiger partial charge in [0.1, 0.15) is 0 Å². The molecule has 0 bridgehead atoms. The first-order valence-corrected chi connectivity index (χ1v) is 9.31. The lowest BCUT2D eigenvalue weighted by Gasteiger charge is -2.50. The van der Waals surface area contributed by atoms with E-state index < -0.39 is 0 Å². The Morgan fingerprint density at radius 2 is 1.90 bits per heavy atom. The summed E-state index contributed by atoms with van der Waals surface area (Å²) in [4.78, 5) is 2.85. The van der Waals surface area contributed by atoms with Crippen LogP contribution in [0.4, 0.5) is 0 Å². The second kappa shape index (κ2) is 6.97. The zero-order valence-electron chi connectivity index (χ0n) is 14.1. The lowest BCUT2D eigenvalue weighted by molar-refractivity contribution is -0.131. The van der Waals surface area contributed by atoms with Crippen LogP contribution in [0.15, 0.2) is 0 Å². The summed E-state index contributed by atoms with van der Waals surface area (Å²) in [6, 6.07) is 2.10. The van der Waals surface area contributed by atoms with E-state index in [1.165, 1.54) is 70.8 Å². The molecular formula is C18H34N2O.